The molecule has 0 fully saturated rings. The molecule has 0 aliphatic heterocycles. The number of carboxylic acids is 1. The van der Waals surface area contributed by atoms with E-state index in [2.05, 4.69) is 23.8 Å². The van der Waals surface area contributed by atoms with Crippen molar-refractivity contribution in [2.24, 2.45) is 0 Å². The monoisotopic (exact) mass is 245 g/mol. The van der Waals surface area contributed by atoms with Crippen molar-refractivity contribution in [2.45, 2.75) is 26.3 Å². The molecule has 0 spiro atoms. The van der Waals surface area contributed by atoms with Gasteiger partial charge in [-0.1, -0.05) is 19.9 Å². The maximum absolute atomic E-state index is 10.8. The zero-order valence-corrected chi connectivity index (χ0v) is 10.4. The highest BCUT2D eigenvalue weighted by molar-refractivity contribution is 5.85. The smallest absolute Gasteiger partial charge is 0.354 e. The summed E-state index contributed by atoms with van der Waals surface area (Å²) in [5.41, 5.74) is 0.786. The van der Waals surface area contributed by atoms with Gasteiger partial charge in [0.25, 0.3) is 0 Å². The van der Waals surface area contributed by atoms with Gasteiger partial charge in [-0.05, 0) is 12.1 Å². The summed E-state index contributed by atoms with van der Waals surface area (Å²) >= 11 is 0. The van der Waals surface area contributed by atoms with Gasteiger partial charge in [0.2, 0.25) is 0 Å². The standard InChI is InChI=1S/C13H15N3O2/c1-9(2)12-14-6-7-16(12)8-10-4-3-5-11(15-10)13(17)18/h3-7,9H,8H2,1-2H3,(H,17,18). The minimum absolute atomic E-state index is 0.0683. The largest absolute Gasteiger partial charge is 0.477 e. The number of hydrogen-bond acceptors (Lipinski definition) is 3. The zero-order chi connectivity index (χ0) is 13.1. The van der Waals surface area contributed by atoms with Crippen molar-refractivity contribution in [3.8, 4) is 0 Å². The normalized spacial score (nSPS) is 10.8. The lowest BCUT2D eigenvalue weighted by molar-refractivity contribution is 0.0690. The van der Waals surface area contributed by atoms with Crippen LogP contribution in [0.5, 0.6) is 0 Å². The molecule has 18 heavy (non-hydrogen) atoms. The van der Waals surface area contributed by atoms with Crippen LogP contribution in [0.2, 0.25) is 0 Å². The van der Waals surface area contributed by atoms with Gasteiger partial charge in [0, 0.05) is 18.3 Å². The van der Waals surface area contributed by atoms with Gasteiger partial charge < -0.3 is 9.67 Å². The van der Waals surface area contributed by atoms with Gasteiger partial charge in [0.1, 0.15) is 11.5 Å². The predicted octanol–water partition coefficient (Wildman–Crippen LogP) is 2.15. The summed E-state index contributed by atoms with van der Waals surface area (Å²) < 4.78 is 1.98. The van der Waals surface area contributed by atoms with Crippen molar-refractivity contribution < 1.29 is 9.90 Å². The molecule has 0 saturated heterocycles. The molecule has 1 N–H and O–H groups in total. The lowest BCUT2D eigenvalue weighted by Gasteiger charge is -2.10. The van der Waals surface area contributed by atoms with E-state index < -0.39 is 5.97 Å². The molecule has 0 saturated carbocycles. The number of carbonyl (C=O) groups is 1. The van der Waals surface area contributed by atoms with Crippen molar-refractivity contribution >= 4 is 5.97 Å². The van der Waals surface area contributed by atoms with Crippen molar-refractivity contribution in [1.82, 2.24) is 14.5 Å². The van der Waals surface area contributed by atoms with E-state index in [1.165, 1.54) is 6.07 Å². The third kappa shape index (κ3) is 2.56. The fourth-order valence-electron chi connectivity index (χ4n) is 1.82. The Morgan fingerprint density at radius 3 is 2.89 bits per heavy atom. The summed E-state index contributed by atoms with van der Waals surface area (Å²) in [6.45, 7) is 4.68. The summed E-state index contributed by atoms with van der Waals surface area (Å²) in [5, 5.41) is 8.90. The number of imidazole rings is 1. The SMILES string of the molecule is CC(C)c1nccn1Cc1cccc(C(=O)O)n1. The van der Waals surface area contributed by atoms with Gasteiger partial charge in [-0.2, -0.15) is 0 Å². The Balaban J connectivity index is 2.26. The van der Waals surface area contributed by atoms with Crippen LogP contribution >= 0.6 is 0 Å². The lowest BCUT2D eigenvalue weighted by atomic mass is 10.2. The Morgan fingerprint density at radius 1 is 1.44 bits per heavy atom. The van der Waals surface area contributed by atoms with Crippen LogP contribution in [0.25, 0.3) is 0 Å². The highest BCUT2D eigenvalue weighted by Crippen LogP contribution is 2.13. The van der Waals surface area contributed by atoms with Crippen LogP contribution < -0.4 is 0 Å². The molecule has 2 rings (SSSR count). The molecule has 2 heterocycles. The number of carboxylic acid groups (broad SMARTS) is 1. The minimum atomic E-state index is -1.01. The summed E-state index contributed by atoms with van der Waals surface area (Å²) in [4.78, 5) is 19.2. The first-order valence-corrected chi connectivity index (χ1v) is 5.78. The number of nitrogens with zero attached hydrogens (tertiary/aromatic N) is 3. The Bertz CT molecular complexity index is 561. The third-order valence-corrected chi connectivity index (χ3v) is 2.62. The first kappa shape index (κ1) is 12.3. The second kappa shape index (κ2) is 5.00. The van der Waals surface area contributed by atoms with Gasteiger partial charge in [0.15, 0.2) is 0 Å². The summed E-state index contributed by atoms with van der Waals surface area (Å²) in [5.74, 6) is 0.284. The maximum Gasteiger partial charge on any atom is 0.354 e. The lowest BCUT2D eigenvalue weighted by Crippen LogP contribution is -2.09. The molecule has 0 aliphatic rings. The molecule has 5 nitrogen and oxygen atoms in total. The maximum atomic E-state index is 10.8. The van der Waals surface area contributed by atoms with E-state index in [0.717, 1.165) is 11.5 Å². The summed E-state index contributed by atoms with van der Waals surface area (Å²) in [7, 11) is 0. The van der Waals surface area contributed by atoms with Crippen LogP contribution in [0, 0.1) is 0 Å². The van der Waals surface area contributed by atoms with Crippen molar-refractivity contribution in [3.63, 3.8) is 0 Å². The summed E-state index contributed by atoms with van der Waals surface area (Å²) in [6, 6.07) is 5.01. The molecular weight excluding hydrogens is 230 g/mol. The molecular formula is C13H15N3O2. The molecule has 0 unspecified atom stereocenters. The fraction of sp³-hybridized carbons (Fsp3) is 0.308. The van der Waals surface area contributed by atoms with Crippen LogP contribution in [0.4, 0.5) is 0 Å². The molecule has 0 radical (unpaired) electrons. The third-order valence-electron chi connectivity index (χ3n) is 2.62. The van der Waals surface area contributed by atoms with Crippen LogP contribution in [0.1, 0.15) is 41.8 Å². The second-order valence-electron chi connectivity index (χ2n) is 4.39. The van der Waals surface area contributed by atoms with Crippen LogP contribution in [-0.4, -0.2) is 25.6 Å². The molecule has 5 heteroatoms. The van der Waals surface area contributed by atoms with Gasteiger partial charge in [0.05, 0.1) is 12.2 Å². The number of rotatable bonds is 4. The first-order chi connectivity index (χ1) is 8.58. The molecule has 0 aliphatic carbocycles. The van der Waals surface area contributed by atoms with Gasteiger partial charge in [-0.15, -0.1) is 0 Å². The quantitative estimate of drug-likeness (QED) is 0.896. The zero-order valence-electron chi connectivity index (χ0n) is 10.4. The van der Waals surface area contributed by atoms with Crippen molar-refractivity contribution in [2.75, 3.05) is 0 Å². The number of hydrogen-bond donors (Lipinski definition) is 1. The summed E-state index contributed by atoms with van der Waals surface area (Å²) in [6.07, 6.45) is 3.63. The molecule has 0 aromatic carbocycles. The van der Waals surface area contributed by atoms with Crippen molar-refractivity contribution in [1.29, 1.82) is 0 Å². The Kier molecular flexibility index (Phi) is 3.41. The molecule has 2 aromatic heterocycles. The van der Waals surface area contributed by atoms with E-state index in [9.17, 15) is 4.79 Å². The second-order valence-corrected chi connectivity index (χ2v) is 4.39. The highest BCUT2D eigenvalue weighted by atomic mass is 16.4. The topological polar surface area (TPSA) is 68.0 Å². The molecule has 2 aromatic rings. The van der Waals surface area contributed by atoms with E-state index in [-0.39, 0.29) is 5.69 Å². The van der Waals surface area contributed by atoms with Crippen molar-refractivity contribution in [3.05, 3.63) is 47.8 Å². The van der Waals surface area contributed by atoms with Crippen LogP contribution in [0.15, 0.2) is 30.6 Å². The Labute approximate surface area is 105 Å². The van der Waals surface area contributed by atoms with Gasteiger partial charge in [-0.25, -0.2) is 14.8 Å². The van der Waals surface area contributed by atoms with Gasteiger partial charge in [-0.3, -0.25) is 0 Å². The number of pyridine rings is 1. The van der Waals surface area contributed by atoms with E-state index in [0.29, 0.717) is 12.5 Å². The minimum Gasteiger partial charge on any atom is -0.477 e. The Morgan fingerprint density at radius 2 is 2.22 bits per heavy atom. The van der Waals surface area contributed by atoms with E-state index >= 15 is 0 Å². The molecule has 0 amide bonds. The molecule has 94 valence electrons. The van der Waals surface area contributed by atoms with E-state index in [1.54, 1.807) is 12.3 Å². The van der Waals surface area contributed by atoms with E-state index in [1.807, 2.05) is 16.8 Å². The fourth-order valence-corrected chi connectivity index (χ4v) is 1.82. The first-order valence-electron chi connectivity index (χ1n) is 5.78. The van der Waals surface area contributed by atoms with Crippen LogP contribution in [0.3, 0.4) is 0 Å². The highest BCUT2D eigenvalue weighted by Gasteiger charge is 2.09. The molecule has 0 atom stereocenters. The molecule has 0 bridgehead atoms. The number of aromatic carboxylic acids is 1. The van der Waals surface area contributed by atoms with Gasteiger partial charge >= 0.3 is 5.97 Å². The Hall–Kier alpha value is -2.17. The van der Waals surface area contributed by atoms with Crippen LogP contribution in [-0.2, 0) is 6.54 Å². The average molecular weight is 245 g/mol. The number of aromatic nitrogens is 3. The van der Waals surface area contributed by atoms with E-state index in [4.69, 9.17) is 5.11 Å². The predicted molar refractivity (Wildman–Crippen MR) is 66.6 cm³/mol. The average Bonchev–Trinajstić information content (AvgIpc) is 2.77.